The van der Waals surface area contributed by atoms with E-state index in [1.165, 1.54) is 12.7 Å². The molecule has 0 atom stereocenters. The summed E-state index contributed by atoms with van der Waals surface area (Å²) in [5.74, 6) is 1.49. The van der Waals surface area contributed by atoms with Gasteiger partial charge in [-0.2, -0.15) is 0 Å². The van der Waals surface area contributed by atoms with Crippen molar-refractivity contribution >= 4 is 35.9 Å². The number of carbonyl (C=O) groups is 1. The number of carbonyl (C=O) groups excluding carboxylic acids is 1. The molecule has 0 heterocycles. The van der Waals surface area contributed by atoms with Gasteiger partial charge in [0, 0.05) is 25.1 Å². The predicted octanol–water partition coefficient (Wildman–Crippen LogP) is 3.80. The predicted molar refractivity (Wildman–Crippen MR) is 121 cm³/mol. The van der Waals surface area contributed by atoms with Gasteiger partial charge in [-0.25, -0.2) is 4.99 Å². The zero-order chi connectivity index (χ0) is 19.4. The number of hydrogen-bond donors (Lipinski definition) is 2. The van der Waals surface area contributed by atoms with Gasteiger partial charge in [0.1, 0.15) is 5.75 Å². The maximum absolute atomic E-state index is 11.1. The molecule has 0 aliphatic heterocycles. The minimum Gasteiger partial charge on any atom is -0.491 e. The molecule has 0 aromatic heterocycles. The zero-order valence-corrected chi connectivity index (χ0v) is 19.5. The average Bonchev–Trinajstić information content (AvgIpc) is 2.59. The number of guanidine groups is 1. The van der Waals surface area contributed by atoms with Crippen molar-refractivity contribution in [2.45, 2.75) is 59.6 Å². The van der Waals surface area contributed by atoms with E-state index in [2.05, 4.69) is 45.5 Å². The molecule has 1 aromatic rings. The van der Waals surface area contributed by atoms with Gasteiger partial charge >= 0.3 is 5.97 Å². The molecule has 1 aromatic carbocycles. The van der Waals surface area contributed by atoms with Crippen LogP contribution in [0.2, 0.25) is 0 Å². The van der Waals surface area contributed by atoms with Crippen molar-refractivity contribution < 1.29 is 14.3 Å². The Bertz CT molecular complexity index is 592. The molecule has 0 fully saturated rings. The van der Waals surface area contributed by atoms with E-state index in [-0.39, 0.29) is 36.0 Å². The molecule has 0 spiro atoms. The lowest BCUT2D eigenvalue weighted by Gasteiger charge is -2.15. The number of unbranched alkanes of at least 4 members (excludes halogenated alkanes) is 1. The summed E-state index contributed by atoms with van der Waals surface area (Å²) in [6.45, 7) is 10.2. The Hall–Kier alpha value is -1.51. The van der Waals surface area contributed by atoms with Crippen LogP contribution < -0.4 is 15.4 Å². The van der Waals surface area contributed by atoms with E-state index in [4.69, 9.17) is 4.74 Å². The molecule has 154 valence electrons. The molecule has 6 nitrogen and oxygen atoms in total. The molecule has 0 aliphatic rings. The van der Waals surface area contributed by atoms with Crippen LogP contribution in [0, 0.1) is 6.92 Å². The normalized spacial score (nSPS) is 11.0. The Morgan fingerprint density at radius 1 is 1.22 bits per heavy atom. The molecule has 0 amide bonds. The van der Waals surface area contributed by atoms with Gasteiger partial charge in [-0.3, -0.25) is 4.79 Å². The Labute approximate surface area is 180 Å². The van der Waals surface area contributed by atoms with E-state index < -0.39 is 0 Å². The number of methoxy groups -OCH3 is 1. The first-order valence-corrected chi connectivity index (χ1v) is 9.31. The Balaban J connectivity index is 0.00000676. The molecule has 0 aliphatic carbocycles. The van der Waals surface area contributed by atoms with Gasteiger partial charge in [-0.05, 0) is 52.2 Å². The molecule has 0 unspecified atom stereocenters. The van der Waals surface area contributed by atoms with Crippen LogP contribution in [0.1, 0.15) is 51.2 Å². The second kappa shape index (κ2) is 14.5. The van der Waals surface area contributed by atoms with Crippen molar-refractivity contribution in [3.8, 4) is 5.75 Å². The van der Waals surface area contributed by atoms with E-state index in [0.717, 1.165) is 43.2 Å². The van der Waals surface area contributed by atoms with Crippen LogP contribution in [0.4, 0.5) is 0 Å². The number of benzene rings is 1. The van der Waals surface area contributed by atoms with Gasteiger partial charge in [0.25, 0.3) is 0 Å². The number of esters is 1. The molecular formula is C20H34IN3O3. The number of halogens is 1. The Morgan fingerprint density at radius 2 is 1.96 bits per heavy atom. The summed E-state index contributed by atoms with van der Waals surface area (Å²) in [5, 5.41) is 6.54. The van der Waals surface area contributed by atoms with Crippen molar-refractivity contribution in [2.24, 2.45) is 4.99 Å². The SMILES string of the molecule is CCNC(=NCc1ccc(C)cc1OC(C)C)NCCCCC(=O)OC.I. The van der Waals surface area contributed by atoms with Gasteiger partial charge in [0.15, 0.2) is 5.96 Å². The smallest absolute Gasteiger partial charge is 0.305 e. The van der Waals surface area contributed by atoms with Crippen LogP contribution in [0.3, 0.4) is 0 Å². The van der Waals surface area contributed by atoms with Crippen molar-refractivity contribution in [1.29, 1.82) is 0 Å². The number of nitrogens with one attached hydrogen (secondary N) is 2. The maximum atomic E-state index is 11.1. The summed E-state index contributed by atoms with van der Waals surface area (Å²) in [5.41, 5.74) is 2.23. The topological polar surface area (TPSA) is 72.0 Å². The highest BCUT2D eigenvalue weighted by Gasteiger charge is 2.07. The third kappa shape index (κ3) is 11.0. The molecule has 1 rings (SSSR count). The summed E-state index contributed by atoms with van der Waals surface area (Å²) in [4.78, 5) is 15.8. The van der Waals surface area contributed by atoms with Gasteiger partial charge < -0.3 is 20.1 Å². The van der Waals surface area contributed by atoms with Gasteiger partial charge in [-0.15, -0.1) is 24.0 Å². The van der Waals surface area contributed by atoms with Crippen LogP contribution >= 0.6 is 24.0 Å². The number of hydrogen-bond acceptors (Lipinski definition) is 4. The molecular weight excluding hydrogens is 457 g/mol. The van der Waals surface area contributed by atoms with E-state index in [1.54, 1.807) is 0 Å². The average molecular weight is 491 g/mol. The van der Waals surface area contributed by atoms with Crippen LogP contribution in [0.15, 0.2) is 23.2 Å². The molecule has 0 saturated carbocycles. The zero-order valence-electron chi connectivity index (χ0n) is 17.1. The van der Waals surface area contributed by atoms with E-state index >= 15 is 0 Å². The molecule has 7 heteroatoms. The second-order valence-electron chi connectivity index (χ2n) is 6.43. The lowest BCUT2D eigenvalue weighted by molar-refractivity contribution is -0.140. The maximum Gasteiger partial charge on any atom is 0.305 e. The first-order chi connectivity index (χ1) is 12.5. The monoisotopic (exact) mass is 491 g/mol. The van der Waals surface area contributed by atoms with Crippen molar-refractivity contribution in [2.75, 3.05) is 20.2 Å². The summed E-state index contributed by atoms with van der Waals surface area (Å²) in [7, 11) is 1.42. The second-order valence-corrected chi connectivity index (χ2v) is 6.43. The van der Waals surface area contributed by atoms with E-state index in [1.807, 2.05) is 20.8 Å². The van der Waals surface area contributed by atoms with Crippen LogP contribution in [-0.2, 0) is 16.1 Å². The first-order valence-electron chi connectivity index (χ1n) is 9.31. The largest absolute Gasteiger partial charge is 0.491 e. The highest BCUT2D eigenvalue weighted by molar-refractivity contribution is 14.0. The van der Waals surface area contributed by atoms with Crippen LogP contribution in [0.25, 0.3) is 0 Å². The van der Waals surface area contributed by atoms with E-state index in [9.17, 15) is 4.79 Å². The lowest BCUT2D eigenvalue weighted by Crippen LogP contribution is -2.37. The Kier molecular flexibility index (Phi) is 13.7. The molecule has 2 N–H and O–H groups in total. The minimum atomic E-state index is -0.164. The number of rotatable bonds is 10. The third-order valence-electron chi connectivity index (χ3n) is 3.66. The highest BCUT2D eigenvalue weighted by Crippen LogP contribution is 2.22. The number of ether oxygens (including phenoxy) is 2. The lowest BCUT2D eigenvalue weighted by atomic mass is 10.1. The Morgan fingerprint density at radius 3 is 2.59 bits per heavy atom. The van der Waals surface area contributed by atoms with E-state index in [0.29, 0.717) is 13.0 Å². The molecule has 0 saturated heterocycles. The van der Waals surface area contributed by atoms with Crippen molar-refractivity contribution in [1.82, 2.24) is 10.6 Å². The molecule has 27 heavy (non-hydrogen) atoms. The molecule has 0 radical (unpaired) electrons. The fourth-order valence-electron chi connectivity index (χ4n) is 2.37. The number of nitrogens with zero attached hydrogens (tertiary/aromatic N) is 1. The fraction of sp³-hybridized carbons (Fsp3) is 0.600. The van der Waals surface area contributed by atoms with Gasteiger partial charge in [-0.1, -0.05) is 12.1 Å². The summed E-state index contributed by atoms with van der Waals surface area (Å²) in [6, 6.07) is 6.19. The first kappa shape index (κ1) is 25.5. The molecule has 0 bridgehead atoms. The number of aliphatic imine (C=N–C) groups is 1. The summed E-state index contributed by atoms with van der Waals surface area (Å²) >= 11 is 0. The number of aryl methyl sites for hydroxylation is 1. The fourth-order valence-corrected chi connectivity index (χ4v) is 2.37. The third-order valence-corrected chi connectivity index (χ3v) is 3.66. The highest BCUT2D eigenvalue weighted by atomic mass is 127. The van der Waals surface area contributed by atoms with Gasteiger partial charge in [0.05, 0.1) is 19.8 Å². The minimum absolute atomic E-state index is 0. The van der Waals surface area contributed by atoms with Crippen molar-refractivity contribution in [3.05, 3.63) is 29.3 Å². The van der Waals surface area contributed by atoms with Crippen LogP contribution in [0.5, 0.6) is 5.75 Å². The standard InChI is InChI=1S/C20H33N3O3.HI/c1-6-21-20(22-12-8-7-9-19(24)25-5)23-14-17-11-10-16(4)13-18(17)26-15(2)3;/h10-11,13,15H,6-9,12,14H2,1-5H3,(H2,21,22,23);1H. The quantitative estimate of drug-likeness (QED) is 0.171. The summed E-state index contributed by atoms with van der Waals surface area (Å²) in [6.07, 6.45) is 2.25. The van der Waals surface area contributed by atoms with Crippen LogP contribution in [-0.4, -0.2) is 38.2 Å². The summed E-state index contributed by atoms with van der Waals surface area (Å²) < 4.78 is 10.6. The van der Waals surface area contributed by atoms with Gasteiger partial charge in [0.2, 0.25) is 0 Å². The van der Waals surface area contributed by atoms with Crippen molar-refractivity contribution in [3.63, 3.8) is 0 Å².